The van der Waals surface area contributed by atoms with E-state index in [0.29, 0.717) is 16.8 Å². The lowest BCUT2D eigenvalue weighted by molar-refractivity contribution is -0.139. The highest BCUT2D eigenvalue weighted by molar-refractivity contribution is 7.92. The lowest BCUT2D eigenvalue weighted by Crippen LogP contribution is -2.54. The largest absolute Gasteiger partial charge is 0.417 e. The predicted molar refractivity (Wildman–Crippen MR) is 145 cm³/mol. The molecular weight excluding hydrogens is 555 g/mol. The van der Waals surface area contributed by atoms with E-state index in [-0.39, 0.29) is 30.6 Å². The molecule has 7 nitrogen and oxygen atoms in total. The maximum Gasteiger partial charge on any atom is 0.417 e. The number of benzene rings is 2. The van der Waals surface area contributed by atoms with Crippen molar-refractivity contribution in [3.05, 3.63) is 64.7 Å². The van der Waals surface area contributed by atoms with Crippen LogP contribution in [-0.2, 0) is 32.2 Å². The number of rotatable bonds is 11. The lowest BCUT2D eigenvalue weighted by atomic mass is 10.1. The molecule has 1 atom stereocenters. The molecule has 1 saturated carbocycles. The molecule has 0 saturated heterocycles. The first kappa shape index (κ1) is 30.7. The molecule has 0 heterocycles. The average Bonchev–Trinajstić information content (AvgIpc) is 3.37. The maximum absolute atomic E-state index is 13.7. The van der Waals surface area contributed by atoms with Crippen LogP contribution in [0.4, 0.5) is 18.9 Å². The Hall–Kier alpha value is -2.79. The van der Waals surface area contributed by atoms with Gasteiger partial charge in [0.1, 0.15) is 12.6 Å². The average molecular weight is 588 g/mol. The van der Waals surface area contributed by atoms with Crippen LogP contribution in [0.5, 0.6) is 0 Å². The van der Waals surface area contributed by atoms with Crippen LogP contribution in [0.1, 0.15) is 50.2 Å². The fourth-order valence-electron chi connectivity index (χ4n) is 4.76. The summed E-state index contributed by atoms with van der Waals surface area (Å²) in [7, 11) is -4.19. The van der Waals surface area contributed by atoms with Gasteiger partial charge in [-0.2, -0.15) is 13.2 Å². The molecule has 39 heavy (non-hydrogen) atoms. The van der Waals surface area contributed by atoms with E-state index in [4.69, 9.17) is 11.6 Å². The van der Waals surface area contributed by atoms with Crippen molar-refractivity contribution in [2.24, 2.45) is 0 Å². The van der Waals surface area contributed by atoms with Crippen molar-refractivity contribution in [3.63, 3.8) is 0 Å². The smallest absolute Gasteiger partial charge is 0.352 e. The Morgan fingerprint density at radius 1 is 1.10 bits per heavy atom. The topological polar surface area (TPSA) is 86.8 Å². The van der Waals surface area contributed by atoms with Gasteiger partial charge in [0, 0.05) is 12.6 Å². The van der Waals surface area contributed by atoms with Crippen molar-refractivity contribution in [1.29, 1.82) is 0 Å². The van der Waals surface area contributed by atoms with Gasteiger partial charge in [-0.25, -0.2) is 8.42 Å². The van der Waals surface area contributed by atoms with Crippen LogP contribution < -0.4 is 9.62 Å². The number of carbonyl (C=O) groups is 2. The standard InChI is InChI=1S/C27H33ClF3N3O4S/c1-3-24(26(36)32-20-11-7-8-12-20)33(16-15-19-9-5-4-6-10-19)25(35)18-34(39(2,37)38)21-13-14-23(28)22(17-21)27(29,30)31/h4-6,9-10,13-14,17,20,24H,3,7-8,11-12,15-16,18H2,1-2H3,(H,32,36)/t24-/m0/s1. The first-order valence-corrected chi connectivity index (χ1v) is 15.0. The molecule has 0 spiro atoms. The van der Waals surface area contributed by atoms with Crippen LogP contribution in [0, 0.1) is 0 Å². The van der Waals surface area contributed by atoms with E-state index >= 15 is 0 Å². The van der Waals surface area contributed by atoms with Crippen molar-refractivity contribution in [1.82, 2.24) is 10.2 Å². The predicted octanol–water partition coefficient (Wildman–Crippen LogP) is 5.03. The molecule has 0 aromatic heterocycles. The summed E-state index contributed by atoms with van der Waals surface area (Å²) in [6.07, 6.45) is 0.356. The van der Waals surface area contributed by atoms with Crippen molar-refractivity contribution in [2.45, 2.75) is 63.7 Å². The number of anilines is 1. The molecule has 2 aromatic carbocycles. The number of amides is 2. The third-order valence-corrected chi connectivity index (χ3v) is 8.26. The summed E-state index contributed by atoms with van der Waals surface area (Å²) in [6, 6.07) is 11.1. The molecule has 3 rings (SSSR count). The Kier molecular flexibility index (Phi) is 10.3. The SMILES string of the molecule is CC[C@@H](C(=O)NC1CCCC1)N(CCc1ccccc1)C(=O)CN(c1ccc(Cl)c(C(F)(F)F)c1)S(C)(=O)=O. The van der Waals surface area contributed by atoms with E-state index in [1.54, 1.807) is 6.92 Å². The van der Waals surface area contributed by atoms with E-state index < -0.39 is 45.3 Å². The first-order valence-electron chi connectivity index (χ1n) is 12.8. The van der Waals surface area contributed by atoms with Gasteiger partial charge in [0.15, 0.2) is 0 Å². The van der Waals surface area contributed by atoms with Crippen LogP contribution >= 0.6 is 11.6 Å². The van der Waals surface area contributed by atoms with E-state index in [2.05, 4.69) is 5.32 Å². The second kappa shape index (κ2) is 13.0. The Morgan fingerprint density at radius 3 is 2.31 bits per heavy atom. The van der Waals surface area contributed by atoms with Gasteiger partial charge < -0.3 is 10.2 Å². The summed E-state index contributed by atoms with van der Waals surface area (Å²) >= 11 is 5.71. The van der Waals surface area contributed by atoms with E-state index in [1.165, 1.54) is 4.90 Å². The van der Waals surface area contributed by atoms with Crippen molar-refractivity contribution < 1.29 is 31.2 Å². The Morgan fingerprint density at radius 2 is 1.74 bits per heavy atom. The fourth-order valence-corrected chi connectivity index (χ4v) is 5.83. The molecule has 0 aliphatic heterocycles. The molecule has 214 valence electrons. The lowest BCUT2D eigenvalue weighted by Gasteiger charge is -2.33. The Balaban J connectivity index is 1.92. The van der Waals surface area contributed by atoms with E-state index in [1.807, 2.05) is 30.3 Å². The van der Waals surface area contributed by atoms with Crippen LogP contribution in [0.2, 0.25) is 5.02 Å². The second-order valence-electron chi connectivity index (χ2n) is 9.67. The second-order valence-corrected chi connectivity index (χ2v) is 12.0. The third kappa shape index (κ3) is 8.35. The summed E-state index contributed by atoms with van der Waals surface area (Å²) in [4.78, 5) is 28.3. The summed E-state index contributed by atoms with van der Waals surface area (Å²) in [5, 5.41) is 2.41. The van der Waals surface area contributed by atoms with Crippen LogP contribution in [0.15, 0.2) is 48.5 Å². The zero-order valence-electron chi connectivity index (χ0n) is 21.9. The Labute approximate surface area is 232 Å². The summed E-state index contributed by atoms with van der Waals surface area (Å²) in [6.45, 7) is 1.09. The number of alkyl halides is 3. The summed E-state index contributed by atoms with van der Waals surface area (Å²) in [5.41, 5.74) is -0.658. The van der Waals surface area contributed by atoms with Gasteiger partial charge in [0.2, 0.25) is 21.8 Å². The van der Waals surface area contributed by atoms with Crippen molar-refractivity contribution >= 4 is 39.1 Å². The van der Waals surface area contributed by atoms with Crippen molar-refractivity contribution in [3.8, 4) is 0 Å². The van der Waals surface area contributed by atoms with Gasteiger partial charge in [0.25, 0.3) is 0 Å². The molecule has 12 heteroatoms. The molecule has 1 fully saturated rings. The van der Waals surface area contributed by atoms with Gasteiger partial charge in [-0.15, -0.1) is 0 Å². The number of hydrogen-bond donors (Lipinski definition) is 1. The molecule has 2 aromatic rings. The van der Waals surface area contributed by atoms with Crippen LogP contribution in [0.25, 0.3) is 0 Å². The normalized spacial score (nSPS) is 15.1. The van der Waals surface area contributed by atoms with Crippen LogP contribution in [0.3, 0.4) is 0 Å². The third-order valence-electron chi connectivity index (χ3n) is 6.79. The van der Waals surface area contributed by atoms with Gasteiger partial charge in [-0.1, -0.05) is 61.7 Å². The Bertz CT molecular complexity index is 1250. The summed E-state index contributed by atoms with van der Waals surface area (Å²) in [5.74, 6) is -1.03. The van der Waals surface area contributed by atoms with Gasteiger partial charge in [0.05, 0.1) is 22.5 Å². The van der Waals surface area contributed by atoms with Gasteiger partial charge in [-0.3, -0.25) is 13.9 Å². The van der Waals surface area contributed by atoms with Crippen LogP contribution in [-0.4, -0.2) is 56.6 Å². The maximum atomic E-state index is 13.7. The van der Waals surface area contributed by atoms with E-state index in [9.17, 15) is 31.2 Å². The number of carbonyl (C=O) groups excluding carboxylic acids is 2. The molecule has 0 unspecified atom stereocenters. The summed E-state index contributed by atoms with van der Waals surface area (Å²) < 4.78 is 66.4. The molecule has 0 bridgehead atoms. The van der Waals surface area contributed by atoms with Crippen molar-refractivity contribution in [2.75, 3.05) is 23.7 Å². The zero-order valence-corrected chi connectivity index (χ0v) is 23.5. The number of sulfonamides is 1. The number of nitrogens with one attached hydrogen (secondary N) is 1. The monoisotopic (exact) mass is 587 g/mol. The minimum atomic E-state index is -4.83. The molecular formula is C27H33ClF3N3O4S. The molecule has 2 amide bonds. The first-order chi connectivity index (χ1) is 18.3. The highest BCUT2D eigenvalue weighted by Gasteiger charge is 2.36. The van der Waals surface area contributed by atoms with Gasteiger partial charge in [-0.05, 0) is 49.4 Å². The minimum Gasteiger partial charge on any atom is -0.352 e. The highest BCUT2D eigenvalue weighted by atomic mass is 35.5. The molecule has 0 radical (unpaired) electrons. The molecule has 1 aliphatic rings. The number of halogens is 4. The van der Waals surface area contributed by atoms with E-state index in [0.717, 1.165) is 49.6 Å². The molecule has 1 aliphatic carbocycles. The molecule has 1 N–H and O–H groups in total. The fraction of sp³-hybridized carbons (Fsp3) is 0.481. The highest BCUT2D eigenvalue weighted by Crippen LogP contribution is 2.37. The minimum absolute atomic E-state index is 0.0139. The number of hydrogen-bond acceptors (Lipinski definition) is 4. The van der Waals surface area contributed by atoms with Gasteiger partial charge >= 0.3 is 6.18 Å². The quantitative estimate of drug-likeness (QED) is 0.399. The zero-order chi connectivity index (χ0) is 28.8. The number of nitrogens with zero attached hydrogens (tertiary/aromatic N) is 2.